The highest BCUT2D eigenvalue weighted by molar-refractivity contribution is 5.85. The zero-order valence-electron chi connectivity index (χ0n) is 9.21. The molecule has 0 spiro atoms. The summed E-state index contributed by atoms with van der Waals surface area (Å²) in [5.41, 5.74) is 1.07. The molecule has 0 amide bonds. The third-order valence-electron chi connectivity index (χ3n) is 2.09. The fraction of sp³-hybridized carbons (Fsp3) is 0.700. The Morgan fingerprint density at radius 3 is 2.64 bits per heavy atom. The Bertz CT molecular complexity index is 258. The van der Waals surface area contributed by atoms with Crippen LogP contribution in [-0.2, 0) is 7.05 Å². The molecule has 0 unspecified atom stereocenters. The summed E-state index contributed by atoms with van der Waals surface area (Å²) in [6, 6.07) is 2.08. The van der Waals surface area contributed by atoms with Gasteiger partial charge in [0.2, 0.25) is 0 Å². The van der Waals surface area contributed by atoms with Crippen LogP contribution >= 0.6 is 12.4 Å². The number of unbranched alkanes of at least 4 members (excludes halogenated alkanes) is 2. The minimum absolute atomic E-state index is 0. The van der Waals surface area contributed by atoms with Crippen molar-refractivity contribution in [2.45, 2.75) is 33.1 Å². The number of hydrogen-bond acceptors (Lipinski definition) is 2. The highest BCUT2D eigenvalue weighted by Gasteiger charge is 1.99. The van der Waals surface area contributed by atoms with Gasteiger partial charge in [0.1, 0.15) is 5.82 Å². The first-order valence-electron chi connectivity index (χ1n) is 4.98. The third-order valence-corrected chi connectivity index (χ3v) is 2.09. The van der Waals surface area contributed by atoms with Crippen LogP contribution in [0.1, 0.15) is 31.9 Å². The van der Waals surface area contributed by atoms with E-state index < -0.39 is 0 Å². The van der Waals surface area contributed by atoms with Crippen molar-refractivity contribution in [2.75, 3.05) is 11.9 Å². The Labute approximate surface area is 92.3 Å². The summed E-state index contributed by atoms with van der Waals surface area (Å²) in [5, 5.41) is 7.63. The highest BCUT2D eigenvalue weighted by Crippen LogP contribution is 2.07. The first-order valence-corrected chi connectivity index (χ1v) is 4.98. The maximum absolute atomic E-state index is 4.26. The first-order chi connectivity index (χ1) is 6.24. The molecule has 0 fully saturated rings. The van der Waals surface area contributed by atoms with Crippen LogP contribution in [0.3, 0.4) is 0 Å². The molecule has 14 heavy (non-hydrogen) atoms. The Morgan fingerprint density at radius 1 is 1.43 bits per heavy atom. The largest absolute Gasteiger partial charge is 0.370 e. The smallest absolute Gasteiger partial charge is 0.124 e. The lowest BCUT2D eigenvalue weighted by Gasteiger charge is -2.04. The molecule has 3 nitrogen and oxygen atoms in total. The van der Waals surface area contributed by atoms with Crippen molar-refractivity contribution in [1.29, 1.82) is 0 Å². The van der Waals surface area contributed by atoms with Crippen molar-refractivity contribution >= 4 is 18.2 Å². The van der Waals surface area contributed by atoms with Gasteiger partial charge in [-0.05, 0) is 13.3 Å². The van der Waals surface area contributed by atoms with Crippen molar-refractivity contribution < 1.29 is 0 Å². The number of aromatic nitrogens is 2. The lowest BCUT2D eigenvalue weighted by atomic mass is 10.2. The summed E-state index contributed by atoms with van der Waals surface area (Å²) < 4.78 is 1.89. The van der Waals surface area contributed by atoms with Gasteiger partial charge in [0.25, 0.3) is 0 Å². The molecule has 0 radical (unpaired) electrons. The van der Waals surface area contributed by atoms with Gasteiger partial charge in [-0.25, -0.2) is 0 Å². The zero-order valence-corrected chi connectivity index (χ0v) is 10.0. The summed E-state index contributed by atoms with van der Waals surface area (Å²) in [5.74, 6) is 1.12. The molecule has 0 bridgehead atoms. The maximum Gasteiger partial charge on any atom is 0.124 e. The van der Waals surface area contributed by atoms with Crippen LogP contribution in [0.4, 0.5) is 5.82 Å². The van der Waals surface area contributed by atoms with E-state index in [0.29, 0.717) is 0 Å². The number of anilines is 1. The summed E-state index contributed by atoms with van der Waals surface area (Å²) in [7, 11) is 1.97. The molecular weight excluding hydrogens is 198 g/mol. The first kappa shape index (κ1) is 13.3. The predicted molar refractivity (Wildman–Crippen MR) is 63.2 cm³/mol. The molecule has 4 heteroatoms. The molecule has 0 aromatic carbocycles. The summed E-state index contributed by atoms with van der Waals surface area (Å²) in [6.45, 7) is 5.28. The fourth-order valence-corrected chi connectivity index (χ4v) is 1.37. The quantitative estimate of drug-likeness (QED) is 0.769. The Kier molecular flexibility index (Phi) is 6.37. The number of nitrogens with zero attached hydrogens (tertiary/aromatic N) is 2. The van der Waals surface area contributed by atoms with Gasteiger partial charge >= 0.3 is 0 Å². The number of halogens is 1. The second-order valence-electron chi connectivity index (χ2n) is 3.43. The van der Waals surface area contributed by atoms with Crippen molar-refractivity contribution in [3.63, 3.8) is 0 Å². The van der Waals surface area contributed by atoms with Gasteiger partial charge in [-0.2, -0.15) is 5.10 Å². The lowest BCUT2D eigenvalue weighted by molar-refractivity contribution is 0.723. The lowest BCUT2D eigenvalue weighted by Crippen LogP contribution is -2.05. The number of aryl methyl sites for hydroxylation is 2. The van der Waals surface area contributed by atoms with Crippen molar-refractivity contribution in [2.24, 2.45) is 7.05 Å². The monoisotopic (exact) mass is 217 g/mol. The van der Waals surface area contributed by atoms with Crippen LogP contribution in [0.2, 0.25) is 0 Å². The van der Waals surface area contributed by atoms with E-state index in [4.69, 9.17) is 0 Å². The maximum atomic E-state index is 4.26. The van der Waals surface area contributed by atoms with Crippen LogP contribution in [0.5, 0.6) is 0 Å². The highest BCUT2D eigenvalue weighted by atomic mass is 35.5. The van der Waals surface area contributed by atoms with Gasteiger partial charge in [-0.15, -0.1) is 12.4 Å². The van der Waals surface area contributed by atoms with Crippen molar-refractivity contribution in [3.05, 3.63) is 11.8 Å². The van der Waals surface area contributed by atoms with Crippen LogP contribution in [-0.4, -0.2) is 16.3 Å². The molecular formula is C10H20ClN3. The third kappa shape index (κ3) is 4.01. The van der Waals surface area contributed by atoms with E-state index in [1.807, 2.05) is 18.7 Å². The van der Waals surface area contributed by atoms with Crippen molar-refractivity contribution in [3.8, 4) is 0 Å². The van der Waals surface area contributed by atoms with Gasteiger partial charge in [-0.3, -0.25) is 4.68 Å². The summed E-state index contributed by atoms with van der Waals surface area (Å²) in [6.07, 6.45) is 3.80. The van der Waals surface area contributed by atoms with Gasteiger partial charge in [-0.1, -0.05) is 19.8 Å². The van der Waals surface area contributed by atoms with E-state index in [-0.39, 0.29) is 12.4 Å². The second-order valence-corrected chi connectivity index (χ2v) is 3.43. The van der Waals surface area contributed by atoms with E-state index in [9.17, 15) is 0 Å². The van der Waals surface area contributed by atoms with Crippen LogP contribution in [0, 0.1) is 6.92 Å². The van der Waals surface area contributed by atoms with E-state index in [2.05, 4.69) is 23.4 Å². The molecule has 0 atom stereocenters. The molecule has 1 heterocycles. The van der Waals surface area contributed by atoms with Crippen molar-refractivity contribution in [1.82, 2.24) is 9.78 Å². The average Bonchev–Trinajstić information content (AvgIpc) is 2.39. The molecule has 0 aliphatic carbocycles. The fourth-order valence-electron chi connectivity index (χ4n) is 1.37. The van der Waals surface area contributed by atoms with Gasteiger partial charge in [0, 0.05) is 19.7 Å². The van der Waals surface area contributed by atoms with Crippen LogP contribution in [0.25, 0.3) is 0 Å². The molecule has 1 rings (SSSR count). The molecule has 1 aromatic rings. The number of rotatable bonds is 5. The van der Waals surface area contributed by atoms with Gasteiger partial charge in [0.05, 0.1) is 5.69 Å². The van der Waals surface area contributed by atoms with Gasteiger partial charge in [0.15, 0.2) is 0 Å². The Morgan fingerprint density at radius 2 is 2.14 bits per heavy atom. The second kappa shape index (κ2) is 6.71. The minimum Gasteiger partial charge on any atom is -0.370 e. The van der Waals surface area contributed by atoms with E-state index in [1.165, 1.54) is 19.3 Å². The topological polar surface area (TPSA) is 29.9 Å². The molecule has 82 valence electrons. The zero-order chi connectivity index (χ0) is 9.68. The van der Waals surface area contributed by atoms with Crippen LogP contribution in [0.15, 0.2) is 6.07 Å². The molecule has 0 aliphatic rings. The number of nitrogens with one attached hydrogen (secondary N) is 1. The summed E-state index contributed by atoms with van der Waals surface area (Å²) >= 11 is 0. The predicted octanol–water partition coefficient (Wildman–Crippen LogP) is 2.75. The summed E-state index contributed by atoms with van der Waals surface area (Å²) in [4.78, 5) is 0. The minimum atomic E-state index is 0. The van der Waals surface area contributed by atoms with E-state index >= 15 is 0 Å². The molecule has 0 aliphatic heterocycles. The Balaban J connectivity index is 0.00000169. The molecule has 0 saturated carbocycles. The molecule has 1 N–H and O–H groups in total. The van der Waals surface area contributed by atoms with E-state index in [1.54, 1.807) is 0 Å². The van der Waals surface area contributed by atoms with E-state index in [0.717, 1.165) is 18.1 Å². The Hall–Kier alpha value is -0.700. The number of hydrogen-bond donors (Lipinski definition) is 1. The average molecular weight is 218 g/mol. The standard InChI is InChI=1S/C10H19N3.ClH/c1-4-5-6-7-11-10-8-9(2)12-13(10)3;/h8,11H,4-7H2,1-3H3;1H. The van der Waals surface area contributed by atoms with Crippen LogP contribution < -0.4 is 5.32 Å². The van der Waals surface area contributed by atoms with Gasteiger partial charge < -0.3 is 5.32 Å². The SMILES string of the molecule is CCCCCNc1cc(C)nn1C.Cl. The normalized spacial score (nSPS) is 9.64. The molecule has 0 saturated heterocycles. The molecule has 1 aromatic heterocycles.